The van der Waals surface area contributed by atoms with Crippen LogP contribution >= 0.6 is 7.82 Å². The highest BCUT2D eigenvalue weighted by Gasteiger charge is 2.26. The molecule has 0 aliphatic heterocycles. The molecule has 9 nitrogen and oxygen atoms in total. The summed E-state index contributed by atoms with van der Waals surface area (Å²) < 4.78 is 33.2. The first-order chi connectivity index (χ1) is 49.3. The Kier molecular flexibility index (Phi) is 80.4. The number of allylic oxidation sites excluding steroid dienone is 24. The number of carbonyl (C=O) groups excluding carboxylic acids is 2. The minimum absolute atomic E-state index is 0.0403. The van der Waals surface area contributed by atoms with Crippen molar-refractivity contribution in [2.75, 3.05) is 26.4 Å². The van der Waals surface area contributed by atoms with Gasteiger partial charge in [-0.25, -0.2) is 4.57 Å². The van der Waals surface area contributed by atoms with Gasteiger partial charge in [0.1, 0.15) is 6.61 Å². The van der Waals surface area contributed by atoms with Crippen LogP contribution in [0.1, 0.15) is 380 Å². The molecular weight excluding hydrogens is 1250 g/mol. The Morgan fingerprint density at radius 3 is 0.820 bits per heavy atom. The van der Waals surface area contributed by atoms with Crippen LogP contribution in [-0.4, -0.2) is 49.3 Å². The number of carbonyl (C=O) groups is 2. The Morgan fingerprint density at radius 2 is 0.550 bits per heavy atom. The molecule has 2 atom stereocenters. The van der Waals surface area contributed by atoms with E-state index in [0.29, 0.717) is 6.42 Å². The molecule has 0 saturated carbocycles. The molecule has 0 aromatic carbocycles. The highest BCUT2D eigenvalue weighted by atomic mass is 31.2. The van der Waals surface area contributed by atoms with Gasteiger partial charge in [-0.2, -0.15) is 0 Å². The van der Waals surface area contributed by atoms with Crippen molar-refractivity contribution in [2.24, 2.45) is 5.73 Å². The van der Waals surface area contributed by atoms with Crippen molar-refractivity contribution < 1.29 is 37.6 Å². The van der Waals surface area contributed by atoms with Gasteiger partial charge in [-0.05, 0) is 103 Å². The first-order valence-corrected chi connectivity index (χ1v) is 43.3. The molecule has 0 aromatic rings. The third-order valence-electron chi connectivity index (χ3n) is 18.0. The monoisotopic (exact) mass is 1410 g/mol. The predicted octanol–water partition coefficient (Wildman–Crippen LogP) is 28.5. The highest BCUT2D eigenvalue weighted by Crippen LogP contribution is 2.43. The fourth-order valence-electron chi connectivity index (χ4n) is 11.9. The minimum Gasteiger partial charge on any atom is -0.462 e. The lowest BCUT2D eigenvalue weighted by atomic mass is 10.0. The fraction of sp³-hybridized carbons (Fsp3) is 0.711. The standard InChI is InChI=1S/C90H156NO8P/c1-3-5-7-9-11-13-15-17-19-21-23-25-27-29-31-33-35-37-39-41-43-45-46-48-50-52-54-56-58-60-62-64-66-68-70-72-74-76-78-80-82-89(92)96-86-88(87-98-100(94,95)97-85-84-91)99-90(93)83-81-79-77-75-73-71-69-67-65-63-61-59-57-55-53-51-49-47-44-42-40-38-36-34-32-30-28-26-24-22-20-18-16-14-12-10-8-6-4-2/h6,8,12,14,18,20,24,26,30,32,36,38,42,44,49,51,55,57,61,63,67,69,73,75,88H,3-5,7,9-11,13,15-17,19,21-23,25,27-29,31,33-35,37,39-41,43,45-48,50,52-54,56,58-60,62,64-66,68,70-72,74,76-87,91H2,1-2H3,(H,94,95)/b8-6-,14-12-,20-18-,26-24-,32-30-,38-36-,44-42-,51-49-,57-55-,63-61-,69-67-,75-73-. The van der Waals surface area contributed by atoms with Gasteiger partial charge in [-0.15, -0.1) is 0 Å². The quantitative estimate of drug-likeness (QED) is 0.0264. The molecule has 10 heteroatoms. The molecule has 0 aromatic heterocycles. The van der Waals surface area contributed by atoms with E-state index in [1.54, 1.807) is 0 Å². The van der Waals surface area contributed by atoms with E-state index in [-0.39, 0.29) is 32.6 Å². The molecule has 0 spiro atoms. The molecule has 0 saturated heterocycles. The molecule has 0 rings (SSSR count). The van der Waals surface area contributed by atoms with Crippen LogP contribution in [0.3, 0.4) is 0 Å². The van der Waals surface area contributed by atoms with Crippen LogP contribution in [0.5, 0.6) is 0 Å². The first-order valence-electron chi connectivity index (χ1n) is 41.8. The molecule has 2 unspecified atom stereocenters. The van der Waals surface area contributed by atoms with Gasteiger partial charge < -0.3 is 20.1 Å². The maximum absolute atomic E-state index is 12.8. The van der Waals surface area contributed by atoms with Gasteiger partial charge in [-0.1, -0.05) is 410 Å². The smallest absolute Gasteiger partial charge is 0.462 e. The molecule has 0 fully saturated rings. The lowest BCUT2D eigenvalue weighted by molar-refractivity contribution is -0.161. The molecule has 0 heterocycles. The Labute approximate surface area is 617 Å². The van der Waals surface area contributed by atoms with E-state index in [9.17, 15) is 19.0 Å². The number of unbranched alkanes of at least 4 members (excludes halogenated alkanes) is 41. The van der Waals surface area contributed by atoms with Crippen molar-refractivity contribution in [1.82, 2.24) is 0 Å². The maximum atomic E-state index is 12.8. The van der Waals surface area contributed by atoms with Crippen molar-refractivity contribution in [1.29, 1.82) is 0 Å². The van der Waals surface area contributed by atoms with Gasteiger partial charge >= 0.3 is 19.8 Å². The van der Waals surface area contributed by atoms with Crippen molar-refractivity contribution in [3.63, 3.8) is 0 Å². The molecule has 574 valence electrons. The van der Waals surface area contributed by atoms with Gasteiger partial charge in [0.25, 0.3) is 0 Å². The van der Waals surface area contributed by atoms with Crippen LogP contribution in [0, 0.1) is 0 Å². The number of hydrogen-bond acceptors (Lipinski definition) is 8. The van der Waals surface area contributed by atoms with Gasteiger partial charge in [0, 0.05) is 19.4 Å². The zero-order chi connectivity index (χ0) is 72.2. The molecular formula is C90H156NO8P. The second kappa shape index (κ2) is 83.8. The third kappa shape index (κ3) is 82.8. The van der Waals surface area contributed by atoms with E-state index in [1.807, 2.05) is 0 Å². The summed E-state index contributed by atoms with van der Waals surface area (Å²) in [6.45, 7) is 3.62. The van der Waals surface area contributed by atoms with Crippen LogP contribution in [-0.2, 0) is 32.7 Å². The number of ether oxygens (including phenoxy) is 2. The average Bonchev–Trinajstić information content (AvgIpc) is 1.01. The SMILES string of the molecule is CC/C=C\C/C=C\C/C=C\C/C=C\C/C=C\C/C=C\C/C=C\C/C=C\C/C=C\C/C=C\C/C=C\C/C=C\CCCCC(=O)OC(COC(=O)CCCCCCCCCCCCCCCCCCCCCCCCCCCCCCCCCCCCCCCCCC)COP(=O)(O)OCCN. The van der Waals surface area contributed by atoms with Crippen LogP contribution in [0.4, 0.5) is 0 Å². The van der Waals surface area contributed by atoms with E-state index in [1.165, 1.54) is 238 Å². The van der Waals surface area contributed by atoms with Gasteiger partial charge in [0.15, 0.2) is 6.10 Å². The summed E-state index contributed by atoms with van der Waals surface area (Å²) in [5.41, 5.74) is 5.41. The number of phosphoric acid groups is 1. The molecule has 100 heavy (non-hydrogen) atoms. The molecule has 0 bridgehead atoms. The number of esters is 2. The molecule has 0 aliphatic carbocycles. The van der Waals surface area contributed by atoms with E-state index in [0.717, 1.165) is 109 Å². The highest BCUT2D eigenvalue weighted by molar-refractivity contribution is 7.47. The average molecular weight is 1410 g/mol. The summed E-state index contributed by atoms with van der Waals surface area (Å²) in [5.74, 6) is -0.875. The maximum Gasteiger partial charge on any atom is 0.472 e. The Hall–Kier alpha value is -4.11. The third-order valence-corrected chi connectivity index (χ3v) is 19.0. The first kappa shape index (κ1) is 95.9. The Bertz CT molecular complexity index is 2160. The van der Waals surface area contributed by atoms with Gasteiger partial charge in [0.05, 0.1) is 13.2 Å². The van der Waals surface area contributed by atoms with Gasteiger partial charge in [0.2, 0.25) is 0 Å². The number of nitrogens with two attached hydrogens (primary N) is 1. The van der Waals surface area contributed by atoms with E-state index < -0.39 is 32.5 Å². The number of phosphoric ester groups is 1. The lowest BCUT2D eigenvalue weighted by Crippen LogP contribution is -2.29. The summed E-state index contributed by atoms with van der Waals surface area (Å²) in [4.78, 5) is 35.4. The summed E-state index contributed by atoms with van der Waals surface area (Å²) in [6.07, 6.45) is 122. The van der Waals surface area contributed by atoms with Gasteiger partial charge in [-0.3, -0.25) is 18.6 Å². The van der Waals surface area contributed by atoms with Crippen LogP contribution in [0.2, 0.25) is 0 Å². The summed E-state index contributed by atoms with van der Waals surface area (Å²) in [5, 5.41) is 0. The Balaban J connectivity index is 3.89. The van der Waals surface area contributed by atoms with E-state index in [2.05, 4.69) is 160 Å². The second-order valence-electron chi connectivity index (χ2n) is 27.6. The predicted molar refractivity (Wildman–Crippen MR) is 436 cm³/mol. The molecule has 3 N–H and O–H groups in total. The molecule has 0 amide bonds. The summed E-state index contributed by atoms with van der Waals surface area (Å²) in [6, 6.07) is 0. The summed E-state index contributed by atoms with van der Waals surface area (Å²) >= 11 is 0. The number of rotatable bonds is 78. The van der Waals surface area contributed by atoms with Crippen molar-refractivity contribution in [2.45, 2.75) is 386 Å². The largest absolute Gasteiger partial charge is 0.472 e. The van der Waals surface area contributed by atoms with Crippen molar-refractivity contribution >= 4 is 19.8 Å². The Morgan fingerprint density at radius 1 is 0.310 bits per heavy atom. The van der Waals surface area contributed by atoms with Crippen molar-refractivity contribution in [3.8, 4) is 0 Å². The van der Waals surface area contributed by atoms with Crippen LogP contribution in [0.25, 0.3) is 0 Å². The van der Waals surface area contributed by atoms with E-state index in [4.69, 9.17) is 24.3 Å². The zero-order valence-corrected chi connectivity index (χ0v) is 65.8. The second-order valence-corrected chi connectivity index (χ2v) is 29.1. The topological polar surface area (TPSA) is 134 Å². The normalized spacial score (nSPS) is 13.6. The van der Waals surface area contributed by atoms with Crippen molar-refractivity contribution in [3.05, 3.63) is 146 Å². The minimum atomic E-state index is -4.42. The summed E-state index contributed by atoms with van der Waals surface area (Å²) in [7, 11) is -4.42. The molecule has 0 radical (unpaired) electrons. The zero-order valence-electron chi connectivity index (χ0n) is 64.9. The lowest BCUT2D eigenvalue weighted by Gasteiger charge is -2.19. The van der Waals surface area contributed by atoms with Crippen LogP contribution < -0.4 is 5.73 Å². The fourth-order valence-corrected chi connectivity index (χ4v) is 12.6. The molecule has 0 aliphatic rings. The van der Waals surface area contributed by atoms with E-state index >= 15 is 0 Å². The number of hydrogen-bond donors (Lipinski definition) is 2. The van der Waals surface area contributed by atoms with Crippen LogP contribution in [0.15, 0.2) is 146 Å².